The number of nitrogens with zero attached hydrogens (tertiary/aromatic N) is 1. The first-order valence-corrected chi connectivity index (χ1v) is 8.65. The van der Waals surface area contributed by atoms with Crippen LogP contribution in [0.2, 0.25) is 0 Å². The fraction of sp³-hybridized carbons (Fsp3) is 0.200. The van der Waals surface area contributed by atoms with Crippen molar-refractivity contribution in [2.75, 3.05) is 11.9 Å². The standard InChI is InChI=1S/C20H18N2O7/c1-11-5-16(17(22(26)27)6-12(11)2)21-19(24)10-29-20(25)7-13-9-28-18-8-14(23)3-4-15(13)18/h3-6,8-9,23H,7,10H2,1-2H3,(H,21,24). The molecule has 150 valence electrons. The van der Waals surface area contributed by atoms with Gasteiger partial charge in [0.25, 0.3) is 11.6 Å². The number of nitrogens with one attached hydrogen (secondary N) is 1. The molecule has 0 saturated heterocycles. The second-order valence-electron chi connectivity index (χ2n) is 6.54. The molecule has 1 heterocycles. The molecule has 9 nitrogen and oxygen atoms in total. The summed E-state index contributed by atoms with van der Waals surface area (Å²) in [6, 6.07) is 7.38. The molecule has 29 heavy (non-hydrogen) atoms. The Morgan fingerprint density at radius 1 is 1.21 bits per heavy atom. The van der Waals surface area contributed by atoms with E-state index in [9.17, 15) is 24.8 Å². The van der Waals surface area contributed by atoms with Gasteiger partial charge in [-0.2, -0.15) is 0 Å². The average molecular weight is 398 g/mol. The number of carbonyl (C=O) groups excluding carboxylic acids is 2. The smallest absolute Gasteiger partial charge is 0.310 e. The van der Waals surface area contributed by atoms with E-state index in [1.165, 1.54) is 30.5 Å². The molecular formula is C20H18N2O7. The Morgan fingerprint density at radius 3 is 2.66 bits per heavy atom. The van der Waals surface area contributed by atoms with Crippen LogP contribution < -0.4 is 5.32 Å². The van der Waals surface area contributed by atoms with Gasteiger partial charge < -0.3 is 19.6 Å². The molecule has 0 saturated carbocycles. The zero-order valence-electron chi connectivity index (χ0n) is 15.7. The number of nitro groups is 1. The number of carbonyl (C=O) groups is 2. The molecule has 0 aliphatic rings. The normalized spacial score (nSPS) is 10.7. The summed E-state index contributed by atoms with van der Waals surface area (Å²) in [5, 5.41) is 23.7. The molecule has 0 unspecified atom stereocenters. The third-order valence-electron chi connectivity index (χ3n) is 4.42. The summed E-state index contributed by atoms with van der Waals surface area (Å²) in [4.78, 5) is 34.7. The average Bonchev–Trinajstić information content (AvgIpc) is 3.04. The van der Waals surface area contributed by atoms with Crippen LogP contribution in [0.5, 0.6) is 5.75 Å². The number of amides is 1. The number of furan rings is 1. The summed E-state index contributed by atoms with van der Waals surface area (Å²) < 4.78 is 10.2. The molecule has 0 bridgehead atoms. The van der Waals surface area contributed by atoms with Crippen molar-refractivity contribution in [3.63, 3.8) is 0 Å². The summed E-state index contributed by atoms with van der Waals surface area (Å²) in [5.41, 5.74) is 2.28. The first-order valence-electron chi connectivity index (χ1n) is 8.65. The number of esters is 1. The van der Waals surface area contributed by atoms with Crippen molar-refractivity contribution < 1.29 is 28.8 Å². The van der Waals surface area contributed by atoms with Crippen LogP contribution in [-0.4, -0.2) is 28.5 Å². The summed E-state index contributed by atoms with van der Waals surface area (Å²) >= 11 is 0. The molecule has 0 spiro atoms. The van der Waals surface area contributed by atoms with Crippen LogP contribution in [0.4, 0.5) is 11.4 Å². The molecule has 3 rings (SSSR count). The van der Waals surface area contributed by atoms with Gasteiger partial charge in [-0.25, -0.2) is 0 Å². The van der Waals surface area contributed by atoms with Crippen LogP contribution in [0, 0.1) is 24.0 Å². The molecule has 0 aliphatic carbocycles. The highest BCUT2D eigenvalue weighted by Crippen LogP contribution is 2.28. The van der Waals surface area contributed by atoms with Gasteiger partial charge >= 0.3 is 5.97 Å². The largest absolute Gasteiger partial charge is 0.508 e. The van der Waals surface area contributed by atoms with Gasteiger partial charge in [0, 0.05) is 23.1 Å². The minimum absolute atomic E-state index is 0.0399. The lowest BCUT2D eigenvalue weighted by molar-refractivity contribution is -0.384. The van der Waals surface area contributed by atoms with Crippen molar-refractivity contribution in [2.45, 2.75) is 20.3 Å². The summed E-state index contributed by atoms with van der Waals surface area (Å²) in [6.45, 7) is 2.92. The Bertz CT molecular complexity index is 1120. The first-order chi connectivity index (χ1) is 13.7. The van der Waals surface area contributed by atoms with Crippen molar-refractivity contribution in [3.8, 4) is 5.75 Å². The minimum atomic E-state index is -0.688. The number of phenols is 1. The van der Waals surface area contributed by atoms with Crippen LogP contribution in [-0.2, 0) is 20.7 Å². The quantitative estimate of drug-likeness (QED) is 0.369. The van der Waals surface area contributed by atoms with Crippen LogP contribution in [0.25, 0.3) is 11.0 Å². The summed E-state index contributed by atoms with van der Waals surface area (Å²) in [6.07, 6.45) is 1.25. The molecule has 0 fully saturated rings. The third kappa shape index (κ3) is 4.52. The van der Waals surface area contributed by atoms with E-state index in [1.54, 1.807) is 19.9 Å². The van der Waals surface area contributed by atoms with Crippen LogP contribution in [0.3, 0.4) is 0 Å². The number of benzene rings is 2. The third-order valence-corrected chi connectivity index (χ3v) is 4.42. The van der Waals surface area contributed by atoms with E-state index in [1.807, 2.05) is 0 Å². The lowest BCUT2D eigenvalue weighted by Crippen LogP contribution is -2.22. The molecule has 1 aromatic heterocycles. The molecular weight excluding hydrogens is 380 g/mol. The van der Waals surface area contributed by atoms with Gasteiger partial charge in [0.05, 0.1) is 17.6 Å². The van der Waals surface area contributed by atoms with Crippen LogP contribution >= 0.6 is 0 Å². The lowest BCUT2D eigenvalue weighted by Gasteiger charge is -2.09. The number of phenolic OH excluding ortho intramolecular Hbond substituents is 1. The second-order valence-corrected chi connectivity index (χ2v) is 6.54. The van der Waals surface area contributed by atoms with Gasteiger partial charge in [0.15, 0.2) is 6.61 Å². The molecule has 0 radical (unpaired) electrons. The Labute approximate surface area is 165 Å². The molecule has 9 heteroatoms. The molecule has 2 N–H and O–H groups in total. The minimum Gasteiger partial charge on any atom is -0.508 e. The zero-order chi connectivity index (χ0) is 21.1. The maximum Gasteiger partial charge on any atom is 0.310 e. The summed E-state index contributed by atoms with van der Waals surface area (Å²) in [7, 11) is 0. The predicted molar refractivity (Wildman–Crippen MR) is 104 cm³/mol. The summed E-state index contributed by atoms with van der Waals surface area (Å²) in [5.74, 6) is -1.31. The van der Waals surface area contributed by atoms with E-state index in [0.29, 0.717) is 16.5 Å². The fourth-order valence-electron chi connectivity index (χ4n) is 2.80. The monoisotopic (exact) mass is 398 g/mol. The first kappa shape index (κ1) is 19.9. The van der Waals surface area contributed by atoms with Gasteiger partial charge in [-0.05, 0) is 43.2 Å². The highest BCUT2D eigenvalue weighted by molar-refractivity contribution is 5.95. The zero-order valence-corrected chi connectivity index (χ0v) is 15.7. The van der Waals surface area contributed by atoms with Crippen molar-refractivity contribution in [1.29, 1.82) is 0 Å². The molecule has 1 amide bonds. The molecule has 0 atom stereocenters. The van der Waals surface area contributed by atoms with E-state index in [0.717, 1.165) is 11.1 Å². The topological polar surface area (TPSA) is 132 Å². The Hall–Kier alpha value is -3.88. The van der Waals surface area contributed by atoms with E-state index >= 15 is 0 Å². The molecule has 0 aliphatic heterocycles. The van der Waals surface area contributed by atoms with Gasteiger partial charge in [-0.15, -0.1) is 0 Å². The van der Waals surface area contributed by atoms with E-state index in [4.69, 9.17) is 9.15 Å². The number of hydrogen-bond donors (Lipinski definition) is 2. The Morgan fingerprint density at radius 2 is 1.93 bits per heavy atom. The number of anilines is 1. The molecule has 3 aromatic rings. The number of aryl methyl sites for hydroxylation is 2. The van der Waals surface area contributed by atoms with Crippen molar-refractivity contribution >= 4 is 34.2 Å². The number of nitro benzene ring substituents is 1. The van der Waals surface area contributed by atoms with Crippen LogP contribution in [0.15, 0.2) is 41.0 Å². The maximum atomic E-state index is 12.1. The van der Waals surface area contributed by atoms with Gasteiger partial charge in [-0.3, -0.25) is 19.7 Å². The second kappa shape index (κ2) is 8.01. The van der Waals surface area contributed by atoms with Crippen molar-refractivity contribution in [1.82, 2.24) is 0 Å². The Balaban J connectivity index is 1.61. The van der Waals surface area contributed by atoms with Crippen molar-refractivity contribution in [3.05, 3.63) is 63.4 Å². The van der Waals surface area contributed by atoms with Gasteiger partial charge in [-0.1, -0.05) is 0 Å². The van der Waals surface area contributed by atoms with E-state index in [-0.39, 0.29) is 23.5 Å². The molecule has 2 aromatic carbocycles. The van der Waals surface area contributed by atoms with Crippen molar-refractivity contribution in [2.24, 2.45) is 0 Å². The number of ether oxygens (including phenoxy) is 1. The lowest BCUT2D eigenvalue weighted by atomic mass is 10.1. The van der Waals surface area contributed by atoms with Gasteiger partial charge in [0.1, 0.15) is 17.0 Å². The highest BCUT2D eigenvalue weighted by Gasteiger charge is 2.19. The van der Waals surface area contributed by atoms with Crippen LogP contribution in [0.1, 0.15) is 16.7 Å². The Kier molecular flexibility index (Phi) is 5.49. The maximum absolute atomic E-state index is 12.1. The number of fused-ring (bicyclic) bond motifs is 1. The van der Waals surface area contributed by atoms with Gasteiger partial charge in [0.2, 0.25) is 0 Å². The SMILES string of the molecule is Cc1cc(NC(=O)COC(=O)Cc2coc3cc(O)ccc23)c([N+](=O)[O-])cc1C. The predicted octanol–water partition coefficient (Wildman–Crippen LogP) is 3.39. The number of rotatable bonds is 6. The fourth-order valence-corrected chi connectivity index (χ4v) is 2.80. The van der Waals surface area contributed by atoms with E-state index < -0.39 is 23.4 Å². The highest BCUT2D eigenvalue weighted by atomic mass is 16.6. The van der Waals surface area contributed by atoms with E-state index in [2.05, 4.69) is 5.32 Å². The number of hydrogen-bond acceptors (Lipinski definition) is 7. The number of aromatic hydroxyl groups is 1.